The van der Waals surface area contributed by atoms with Gasteiger partial charge >= 0.3 is 5.97 Å². The Hall–Kier alpha value is -1.10. The molecule has 1 amide bonds. The zero-order valence-electron chi connectivity index (χ0n) is 11.0. The Morgan fingerprint density at radius 2 is 1.94 bits per heavy atom. The van der Waals surface area contributed by atoms with E-state index in [0.717, 1.165) is 51.7 Å². The van der Waals surface area contributed by atoms with Crippen LogP contribution in [-0.4, -0.2) is 48.6 Å². The molecule has 0 bridgehead atoms. The lowest BCUT2D eigenvalue weighted by Gasteiger charge is -2.25. The quantitative estimate of drug-likeness (QED) is 0.753. The van der Waals surface area contributed by atoms with Crippen molar-refractivity contribution in [3.8, 4) is 0 Å². The molecule has 0 saturated carbocycles. The second-order valence-corrected chi connectivity index (χ2v) is 5.11. The minimum absolute atomic E-state index is 0.0586. The Labute approximate surface area is 108 Å². The van der Waals surface area contributed by atoms with E-state index in [9.17, 15) is 9.59 Å². The number of rotatable bonds is 3. The maximum absolute atomic E-state index is 12.0. The number of amides is 1. The predicted molar refractivity (Wildman–Crippen MR) is 67.0 cm³/mol. The molecular formula is C13H22N2O3. The lowest BCUT2D eigenvalue weighted by atomic mass is 10.1. The Bertz CT molecular complexity index is 307. The minimum atomic E-state index is -0.653. The molecule has 0 aliphatic carbocycles. The smallest absolute Gasteiger partial charge is 0.323 e. The molecule has 102 valence electrons. The third-order valence-corrected chi connectivity index (χ3v) is 3.65. The number of ether oxygens (including phenoxy) is 1. The van der Waals surface area contributed by atoms with Crippen LogP contribution in [0.15, 0.2) is 0 Å². The van der Waals surface area contributed by atoms with Crippen LogP contribution < -0.4 is 5.32 Å². The highest BCUT2D eigenvalue weighted by atomic mass is 16.5. The van der Waals surface area contributed by atoms with E-state index in [0.29, 0.717) is 0 Å². The molecule has 18 heavy (non-hydrogen) atoms. The number of esters is 1. The van der Waals surface area contributed by atoms with E-state index >= 15 is 0 Å². The highest BCUT2D eigenvalue weighted by Gasteiger charge is 2.29. The van der Waals surface area contributed by atoms with Crippen molar-refractivity contribution >= 4 is 11.9 Å². The molecule has 2 fully saturated rings. The molecule has 0 unspecified atom stereocenters. The summed E-state index contributed by atoms with van der Waals surface area (Å²) in [7, 11) is 0. The van der Waals surface area contributed by atoms with Crippen LogP contribution in [0.3, 0.4) is 0 Å². The zero-order chi connectivity index (χ0) is 13.0. The van der Waals surface area contributed by atoms with E-state index in [2.05, 4.69) is 5.32 Å². The first-order valence-electron chi connectivity index (χ1n) is 6.91. The van der Waals surface area contributed by atoms with Crippen molar-refractivity contribution in [3.05, 3.63) is 0 Å². The highest BCUT2D eigenvalue weighted by molar-refractivity contribution is 5.85. The van der Waals surface area contributed by atoms with Gasteiger partial charge in [0.05, 0.1) is 0 Å². The third kappa shape index (κ3) is 3.22. The van der Waals surface area contributed by atoms with Crippen LogP contribution in [0.1, 0.15) is 39.0 Å². The van der Waals surface area contributed by atoms with Gasteiger partial charge in [0.2, 0.25) is 0 Å². The molecule has 5 heteroatoms. The van der Waals surface area contributed by atoms with Crippen LogP contribution in [0.2, 0.25) is 0 Å². The van der Waals surface area contributed by atoms with E-state index in [-0.39, 0.29) is 17.9 Å². The predicted octanol–water partition coefficient (Wildman–Crippen LogP) is 0.683. The van der Waals surface area contributed by atoms with Gasteiger partial charge in [-0.15, -0.1) is 0 Å². The molecule has 0 radical (unpaired) electrons. The van der Waals surface area contributed by atoms with Crippen molar-refractivity contribution in [1.29, 1.82) is 0 Å². The van der Waals surface area contributed by atoms with Crippen LogP contribution in [0, 0.1) is 0 Å². The molecule has 2 saturated heterocycles. The summed E-state index contributed by atoms with van der Waals surface area (Å²) in [6.07, 6.45) is 4.41. The van der Waals surface area contributed by atoms with Gasteiger partial charge in [-0.2, -0.15) is 0 Å². The van der Waals surface area contributed by atoms with E-state index in [4.69, 9.17) is 4.74 Å². The summed E-state index contributed by atoms with van der Waals surface area (Å²) in [6.45, 7) is 4.11. The number of piperidine rings is 1. The van der Waals surface area contributed by atoms with Crippen LogP contribution in [0.25, 0.3) is 0 Å². The van der Waals surface area contributed by atoms with Gasteiger partial charge in [0.1, 0.15) is 6.04 Å². The fourth-order valence-electron chi connectivity index (χ4n) is 2.55. The second-order valence-electron chi connectivity index (χ2n) is 5.11. The summed E-state index contributed by atoms with van der Waals surface area (Å²) in [5.41, 5.74) is 0. The van der Waals surface area contributed by atoms with Crippen molar-refractivity contribution in [1.82, 2.24) is 10.2 Å². The Balaban J connectivity index is 1.80. The van der Waals surface area contributed by atoms with Crippen LogP contribution in [0.5, 0.6) is 0 Å². The summed E-state index contributed by atoms with van der Waals surface area (Å²) in [4.78, 5) is 25.6. The van der Waals surface area contributed by atoms with Gasteiger partial charge in [0, 0.05) is 13.1 Å². The maximum atomic E-state index is 12.0. The van der Waals surface area contributed by atoms with Gasteiger partial charge in [-0.25, -0.2) is 0 Å². The second kappa shape index (κ2) is 6.18. The molecule has 2 heterocycles. The van der Waals surface area contributed by atoms with Crippen molar-refractivity contribution in [2.75, 3.05) is 19.6 Å². The molecule has 2 rings (SSSR count). The number of nitrogens with one attached hydrogen (secondary N) is 1. The summed E-state index contributed by atoms with van der Waals surface area (Å²) < 4.78 is 5.27. The normalized spacial score (nSPS) is 25.8. The van der Waals surface area contributed by atoms with E-state index in [1.165, 1.54) is 0 Å². The van der Waals surface area contributed by atoms with Gasteiger partial charge in [-0.05, 0) is 39.2 Å². The van der Waals surface area contributed by atoms with Gasteiger partial charge in [-0.1, -0.05) is 6.42 Å². The molecule has 0 aromatic carbocycles. The first-order chi connectivity index (χ1) is 8.68. The fraction of sp³-hybridized carbons (Fsp3) is 0.846. The number of hydrogen-bond donors (Lipinski definition) is 1. The summed E-state index contributed by atoms with van der Waals surface area (Å²) in [6, 6.07) is -0.229. The average Bonchev–Trinajstić information content (AvgIpc) is 2.92. The average molecular weight is 254 g/mol. The molecule has 2 aliphatic heterocycles. The largest absolute Gasteiger partial charge is 0.451 e. The van der Waals surface area contributed by atoms with Gasteiger partial charge in [0.15, 0.2) is 6.10 Å². The molecule has 5 nitrogen and oxygen atoms in total. The number of nitrogens with zero attached hydrogens (tertiary/aromatic N) is 1. The first-order valence-corrected chi connectivity index (χ1v) is 6.91. The molecule has 2 aliphatic rings. The van der Waals surface area contributed by atoms with Crippen molar-refractivity contribution in [3.63, 3.8) is 0 Å². The van der Waals surface area contributed by atoms with Crippen molar-refractivity contribution in [2.24, 2.45) is 0 Å². The topological polar surface area (TPSA) is 58.6 Å². The van der Waals surface area contributed by atoms with Crippen molar-refractivity contribution < 1.29 is 14.3 Å². The Morgan fingerprint density at radius 1 is 1.22 bits per heavy atom. The number of carbonyl (C=O) groups is 2. The standard InChI is InChI=1S/C13H22N2O3/c1-10(12(16)15-8-4-5-9-15)18-13(17)11-6-2-3-7-14-11/h10-11,14H,2-9H2,1H3/t10-,11+/m0/s1. The van der Waals surface area contributed by atoms with Crippen molar-refractivity contribution in [2.45, 2.75) is 51.2 Å². The van der Waals surface area contributed by atoms with E-state index in [1.807, 2.05) is 0 Å². The monoisotopic (exact) mass is 254 g/mol. The van der Waals surface area contributed by atoms with Crippen LogP contribution >= 0.6 is 0 Å². The molecule has 1 N–H and O–H groups in total. The Kier molecular flexibility index (Phi) is 4.58. The minimum Gasteiger partial charge on any atom is -0.451 e. The zero-order valence-corrected chi connectivity index (χ0v) is 11.0. The first kappa shape index (κ1) is 13.3. The number of likely N-dealkylation sites (tertiary alicyclic amines) is 1. The third-order valence-electron chi connectivity index (χ3n) is 3.65. The lowest BCUT2D eigenvalue weighted by Crippen LogP contribution is -2.45. The van der Waals surface area contributed by atoms with E-state index < -0.39 is 6.10 Å². The molecular weight excluding hydrogens is 232 g/mol. The number of carbonyl (C=O) groups excluding carboxylic acids is 2. The summed E-state index contributed by atoms with van der Waals surface area (Å²) in [5, 5.41) is 3.13. The Morgan fingerprint density at radius 3 is 2.56 bits per heavy atom. The summed E-state index contributed by atoms with van der Waals surface area (Å²) >= 11 is 0. The molecule has 0 aromatic rings. The fourth-order valence-corrected chi connectivity index (χ4v) is 2.55. The van der Waals surface area contributed by atoms with E-state index in [1.54, 1.807) is 11.8 Å². The highest BCUT2D eigenvalue weighted by Crippen LogP contribution is 2.13. The van der Waals surface area contributed by atoms with Crippen LogP contribution in [0.4, 0.5) is 0 Å². The van der Waals surface area contributed by atoms with Gasteiger partial charge in [-0.3, -0.25) is 9.59 Å². The summed E-state index contributed by atoms with van der Waals surface area (Å²) in [5.74, 6) is -0.341. The van der Waals surface area contributed by atoms with Crippen LogP contribution in [-0.2, 0) is 14.3 Å². The molecule has 0 aromatic heterocycles. The SMILES string of the molecule is C[C@H](OC(=O)[C@H]1CCCCN1)C(=O)N1CCCC1. The number of hydrogen-bond acceptors (Lipinski definition) is 4. The lowest BCUT2D eigenvalue weighted by molar-refractivity contribution is -0.160. The van der Waals surface area contributed by atoms with Gasteiger partial charge in [0.25, 0.3) is 5.91 Å². The molecule has 0 spiro atoms. The maximum Gasteiger partial charge on any atom is 0.323 e. The van der Waals surface area contributed by atoms with Gasteiger partial charge < -0.3 is 15.0 Å². The molecule has 2 atom stereocenters.